The van der Waals surface area contributed by atoms with Crippen LogP contribution < -0.4 is 9.47 Å². The number of benzene rings is 1. The fraction of sp³-hybridized carbons (Fsp3) is 0.700. The van der Waals surface area contributed by atoms with Gasteiger partial charge in [-0.15, -0.1) is 0 Å². The molecule has 0 bridgehead atoms. The first-order valence-corrected chi connectivity index (χ1v) is 9.17. The first kappa shape index (κ1) is 17.6. The van der Waals surface area contributed by atoms with Crippen LogP contribution in [0.2, 0.25) is 0 Å². The molecule has 1 aromatic carbocycles. The van der Waals surface area contributed by atoms with Crippen LogP contribution in [0.1, 0.15) is 43.9 Å². The van der Waals surface area contributed by atoms with Gasteiger partial charge in [0, 0.05) is 25.7 Å². The number of ether oxygens (including phenoxy) is 2. The molecule has 1 aromatic rings. The Balaban J connectivity index is 1.89. The topological polar surface area (TPSA) is 41.9 Å². The highest BCUT2D eigenvalue weighted by Gasteiger charge is 2.39. The maximum Gasteiger partial charge on any atom is 0.161 e. The van der Waals surface area contributed by atoms with E-state index >= 15 is 0 Å². The molecular formula is C20H31NO3. The van der Waals surface area contributed by atoms with Crippen molar-refractivity contribution in [3.05, 3.63) is 23.3 Å². The quantitative estimate of drug-likeness (QED) is 0.898. The summed E-state index contributed by atoms with van der Waals surface area (Å²) in [5.41, 5.74) is 2.73. The van der Waals surface area contributed by atoms with Crippen molar-refractivity contribution in [3.8, 4) is 11.5 Å². The minimum Gasteiger partial charge on any atom is -0.493 e. The minimum absolute atomic E-state index is 0.296. The molecule has 4 nitrogen and oxygen atoms in total. The van der Waals surface area contributed by atoms with Crippen LogP contribution in [-0.2, 0) is 6.42 Å². The van der Waals surface area contributed by atoms with Crippen molar-refractivity contribution in [1.29, 1.82) is 0 Å². The fourth-order valence-electron chi connectivity index (χ4n) is 4.60. The number of piperidine rings is 1. The lowest BCUT2D eigenvalue weighted by Crippen LogP contribution is -2.47. The molecule has 24 heavy (non-hydrogen) atoms. The van der Waals surface area contributed by atoms with E-state index in [1.54, 1.807) is 14.2 Å². The Morgan fingerprint density at radius 1 is 1.17 bits per heavy atom. The number of rotatable bonds is 5. The third kappa shape index (κ3) is 3.27. The molecule has 0 aromatic heterocycles. The summed E-state index contributed by atoms with van der Waals surface area (Å²) in [5.74, 6) is 3.31. The molecule has 134 valence electrons. The number of methoxy groups -OCH3 is 2. The summed E-state index contributed by atoms with van der Waals surface area (Å²) in [6.45, 7) is 7.05. The van der Waals surface area contributed by atoms with Gasteiger partial charge in [0.1, 0.15) is 0 Å². The van der Waals surface area contributed by atoms with Gasteiger partial charge < -0.3 is 14.6 Å². The van der Waals surface area contributed by atoms with E-state index < -0.39 is 0 Å². The van der Waals surface area contributed by atoms with Crippen molar-refractivity contribution >= 4 is 0 Å². The van der Waals surface area contributed by atoms with Gasteiger partial charge in [0.15, 0.2) is 11.5 Å². The molecular weight excluding hydrogens is 302 g/mol. The zero-order chi connectivity index (χ0) is 17.3. The van der Waals surface area contributed by atoms with Crippen molar-refractivity contribution in [3.63, 3.8) is 0 Å². The summed E-state index contributed by atoms with van der Waals surface area (Å²) in [5, 5.41) is 9.93. The van der Waals surface area contributed by atoms with Gasteiger partial charge in [-0.05, 0) is 60.3 Å². The molecule has 0 saturated carbocycles. The Labute approximate surface area is 145 Å². The highest BCUT2D eigenvalue weighted by atomic mass is 16.5. The maximum atomic E-state index is 9.93. The van der Waals surface area contributed by atoms with Gasteiger partial charge in [-0.2, -0.15) is 0 Å². The van der Waals surface area contributed by atoms with E-state index in [0.717, 1.165) is 37.4 Å². The van der Waals surface area contributed by atoms with Crippen molar-refractivity contribution in [2.45, 2.75) is 39.2 Å². The Kier molecular flexibility index (Phi) is 5.36. The van der Waals surface area contributed by atoms with Gasteiger partial charge in [0.2, 0.25) is 0 Å². The Morgan fingerprint density at radius 2 is 1.88 bits per heavy atom. The summed E-state index contributed by atoms with van der Waals surface area (Å²) in [6.07, 6.45) is 3.30. The lowest BCUT2D eigenvalue weighted by molar-refractivity contribution is 0.0187. The molecule has 2 heterocycles. The second kappa shape index (κ2) is 7.32. The smallest absolute Gasteiger partial charge is 0.161 e. The van der Waals surface area contributed by atoms with Gasteiger partial charge in [0.05, 0.1) is 14.2 Å². The summed E-state index contributed by atoms with van der Waals surface area (Å²) >= 11 is 0. The van der Waals surface area contributed by atoms with Crippen LogP contribution in [0.5, 0.6) is 11.5 Å². The summed E-state index contributed by atoms with van der Waals surface area (Å²) in [4.78, 5) is 2.62. The minimum atomic E-state index is 0.296. The summed E-state index contributed by atoms with van der Waals surface area (Å²) in [6, 6.07) is 4.69. The summed E-state index contributed by atoms with van der Waals surface area (Å²) < 4.78 is 11.0. The third-order valence-electron chi connectivity index (χ3n) is 5.78. The number of fused-ring (bicyclic) bond motifs is 3. The van der Waals surface area contributed by atoms with Crippen LogP contribution in [0, 0.1) is 17.8 Å². The molecule has 1 saturated heterocycles. The number of nitrogens with zero attached hydrogens (tertiary/aromatic N) is 1. The predicted molar refractivity (Wildman–Crippen MR) is 95.7 cm³/mol. The molecule has 3 atom stereocenters. The molecule has 4 heteroatoms. The van der Waals surface area contributed by atoms with Crippen LogP contribution in [0.25, 0.3) is 0 Å². The Bertz CT molecular complexity index is 572. The van der Waals surface area contributed by atoms with Crippen LogP contribution in [0.3, 0.4) is 0 Å². The van der Waals surface area contributed by atoms with Crippen LogP contribution >= 0.6 is 0 Å². The lowest BCUT2D eigenvalue weighted by Gasteiger charge is -2.47. The first-order chi connectivity index (χ1) is 11.6. The molecule has 0 radical (unpaired) electrons. The van der Waals surface area contributed by atoms with E-state index in [-0.39, 0.29) is 0 Å². The normalized spacial score (nSPS) is 26.8. The number of aliphatic hydroxyl groups is 1. The van der Waals surface area contributed by atoms with Crippen LogP contribution in [-0.4, -0.2) is 43.9 Å². The fourth-order valence-corrected chi connectivity index (χ4v) is 4.60. The van der Waals surface area contributed by atoms with E-state index in [9.17, 15) is 5.11 Å². The maximum absolute atomic E-state index is 9.93. The van der Waals surface area contributed by atoms with Crippen molar-refractivity contribution in [1.82, 2.24) is 4.90 Å². The molecule has 0 spiro atoms. The standard InChI is InChI=1S/C20H31NO3/c1-13(2)7-15-11-21-6-5-14-9-19(23-3)20(24-4)10-17(14)18(21)8-16(15)12-22/h9-10,13,15-16,18,22H,5-8,11-12H2,1-4H3/t15-,16-,18+/m1/s1. The van der Waals surface area contributed by atoms with Crippen LogP contribution in [0.15, 0.2) is 12.1 Å². The van der Waals surface area contributed by atoms with Crippen molar-refractivity contribution in [2.24, 2.45) is 17.8 Å². The van der Waals surface area contributed by atoms with Crippen molar-refractivity contribution in [2.75, 3.05) is 33.9 Å². The molecule has 0 aliphatic carbocycles. The van der Waals surface area contributed by atoms with E-state index in [2.05, 4.69) is 30.9 Å². The summed E-state index contributed by atoms with van der Waals surface area (Å²) in [7, 11) is 3.39. The van der Waals surface area contributed by atoms with Gasteiger partial charge in [0.25, 0.3) is 0 Å². The molecule has 2 aliphatic heterocycles. The molecule has 2 aliphatic rings. The molecule has 0 amide bonds. The zero-order valence-corrected chi connectivity index (χ0v) is 15.4. The second-order valence-electron chi connectivity index (χ2n) is 7.73. The highest BCUT2D eigenvalue weighted by Crippen LogP contribution is 2.45. The van der Waals surface area contributed by atoms with Gasteiger partial charge in [-0.3, -0.25) is 4.90 Å². The molecule has 1 fully saturated rings. The number of hydrogen-bond donors (Lipinski definition) is 1. The average molecular weight is 333 g/mol. The van der Waals surface area contributed by atoms with E-state index in [0.29, 0.717) is 30.4 Å². The third-order valence-corrected chi connectivity index (χ3v) is 5.78. The van der Waals surface area contributed by atoms with Gasteiger partial charge in [-0.1, -0.05) is 13.8 Å². The Morgan fingerprint density at radius 3 is 2.50 bits per heavy atom. The zero-order valence-electron chi connectivity index (χ0n) is 15.4. The van der Waals surface area contributed by atoms with Crippen LogP contribution in [0.4, 0.5) is 0 Å². The largest absolute Gasteiger partial charge is 0.493 e. The highest BCUT2D eigenvalue weighted by molar-refractivity contribution is 5.49. The molecule has 0 unspecified atom stereocenters. The lowest BCUT2D eigenvalue weighted by atomic mass is 9.74. The molecule has 1 N–H and O–H groups in total. The first-order valence-electron chi connectivity index (χ1n) is 9.17. The van der Waals surface area contributed by atoms with Gasteiger partial charge >= 0.3 is 0 Å². The number of hydrogen-bond acceptors (Lipinski definition) is 4. The predicted octanol–water partition coefficient (Wildman–Crippen LogP) is 3.28. The van der Waals surface area contributed by atoms with E-state index in [1.165, 1.54) is 17.5 Å². The SMILES string of the molecule is COc1cc2c(cc1OC)[C@@H]1C[C@H](CO)[C@H](CC(C)C)CN1CC2. The molecule has 3 rings (SSSR count). The average Bonchev–Trinajstić information content (AvgIpc) is 2.59. The van der Waals surface area contributed by atoms with Gasteiger partial charge in [-0.25, -0.2) is 0 Å². The Hall–Kier alpha value is -1.26. The monoisotopic (exact) mass is 333 g/mol. The van der Waals surface area contributed by atoms with E-state index in [4.69, 9.17) is 9.47 Å². The second-order valence-corrected chi connectivity index (χ2v) is 7.73. The van der Waals surface area contributed by atoms with Crippen molar-refractivity contribution < 1.29 is 14.6 Å². The van der Waals surface area contributed by atoms with E-state index in [1.807, 2.05) is 0 Å². The number of aliphatic hydroxyl groups excluding tert-OH is 1.